The summed E-state index contributed by atoms with van der Waals surface area (Å²) >= 11 is 0. The highest BCUT2D eigenvalue weighted by molar-refractivity contribution is 5.74. The van der Waals surface area contributed by atoms with Gasteiger partial charge in [-0.15, -0.1) is 0 Å². The summed E-state index contributed by atoms with van der Waals surface area (Å²) in [5.74, 6) is -0.721. The van der Waals surface area contributed by atoms with E-state index in [9.17, 15) is 4.79 Å². The summed E-state index contributed by atoms with van der Waals surface area (Å²) in [5.41, 5.74) is 0. The van der Waals surface area contributed by atoms with Crippen molar-refractivity contribution in [3.05, 3.63) is 0 Å². The molecular weight excluding hydrogens is 280 g/mol. The van der Waals surface area contributed by atoms with Gasteiger partial charge in [-0.3, -0.25) is 0 Å². The molecule has 0 spiro atoms. The fraction of sp³-hybridized carbons (Fsp3) is 0.944. The number of aliphatic hydroxyl groups excluding tert-OH is 2. The maximum absolute atomic E-state index is 11.1. The lowest BCUT2D eigenvalue weighted by molar-refractivity contribution is -0.155. The normalized spacial score (nSPS) is 12.3. The highest BCUT2D eigenvalue weighted by Gasteiger charge is 2.14. The molecule has 4 nitrogen and oxygen atoms in total. The summed E-state index contributed by atoms with van der Waals surface area (Å²) in [5, 5.41) is 17.6. The van der Waals surface area contributed by atoms with E-state index in [1.54, 1.807) is 0 Å². The van der Waals surface area contributed by atoms with Crippen LogP contribution in [0.1, 0.15) is 90.4 Å². The van der Waals surface area contributed by atoms with E-state index < -0.39 is 18.7 Å². The number of carbonyl (C=O) groups is 1. The van der Waals surface area contributed by atoms with Crippen LogP contribution >= 0.6 is 0 Å². The van der Waals surface area contributed by atoms with Gasteiger partial charge < -0.3 is 14.9 Å². The number of carbonyl (C=O) groups excluding carboxylic acids is 1. The quantitative estimate of drug-likeness (QED) is 0.334. The van der Waals surface area contributed by atoms with Gasteiger partial charge in [0, 0.05) is 0 Å². The van der Waals surface area contributed by atoms with Gasteiger partial charge in [-0.25, -0.2) is 4.79 Å². The minimum Gasteiger partial charge on any atom is -0.464 e. The van der Waals surface area contributed by atoms with Crippen LogP contribution < -0.4 is 0 Å². The monoisotopic (exact) mass is 316 g/mol. The van der Waals surface area contributed by atoms with Gasteiger partial charge in [0.05, 0.1) is 13.2 Å². The van der Waals surface area contributed by atoms with Crippen molar-refractivity contribution in [3.63, 3.8) is 0 Å². The third kappa shape index (κ3) is 14.3. The Hall–Kier alpha value is -0.610. The Morgan fingerprint density at radius 1 is 0.818 bits per heavy atom. The Morgan fingerprint density at radius 3 is 1.64 bits per heavy atom. The van der Waals surface area contributed by atoms with E-state index in [4.69, 9.17) is 14.9 Å². The average molecular weight is 316 g/mol. The highest BCUT2D eigenvalue weighted by atomic mass is 16.5. The smallest absolute Gasteiger partial charge is 0.337 e. The van der Waals surface area contributed by atoms with Crippen LogP contribution in [0.15, 0.2) is 0 Å². The van der Waals surface area contributed by atoms with Crippen molar-refractivity contribution < 1.29 is 19.7 Å². The van der Waals surface area contributed by atoms with Gasteiger partial charge in [-0.2, -0.15) is 0 Å². The first-order valence-electron chi connectivity index (χ1n) is 9.18. The maximum atomic E-state index is 11.1. The molecule has 1 atom stereocenters. The summed E-state index contributed by atoms with van der Waals surface area (Å²) in [4.78, 5) is 11.1. The molecule has 0 radical (unpaired) electrons. The van der Waals surface area contributed by atoms with Crippen LogP contribution in [0.25, 0.3) is 0 Å². The predicted octanol–water partition coefficient (Wildman–Crippen LogP) is 3.97. The Balaban J connectivity index is 3.10. The minimum atomic E-state index is -1.39. The summed E-state index contributed by atoms with van der Waals surface area (Å²) in [6.07, 6.45) is 15.2. The highest BCUT2D eigenvalue weighted by Crippen LogP contribution is 2.12. The van der Waals surface area contributed by atoms with E-state index in [2.05, 4.69) is 6.92 Å². The Morgan fingerprint density at radius 2 is 1.23 bits per heavy atom. The van der Waals surface area contributed by atoms with Gasteiger partial charge in [-0.1, -0.05) is 84.0 Å². The van der Waals surface area contributed by atoms with Crippen molar-refractivity contribution in [2.45, 2.75) is 96.5 Å². The zero-order chi connectivity index (χ0) is 16.5. The van der Waals surface area contributed by atoms with Crippen molar-refractivity contribution in [3.8, 4) is 0 Å². The van der Waals surface area contributed by atoms with Crippen molar-refractivity contribution >= 4 is 5.97 Å². The fourth-order valence-electron chi connectivity index (χ4n) is 2.46. The molecule has 0 bridgehead atoms. The molecule has 132 valence electrons. The lowest BCUT2D eigenvalue weighted by atomic mass is 10.0. The van der Waals surface area contributed by atoms with Crippen molar-refractivity contribution in [2.75, 3.05) is 13.2 Å². The van der Waals surface area contributed by atoms with Crippen LogP contribution in [0, 0.1) is 0 Å². The standard InChI is InChI=1S/C18H36O4/c1-2-3-4-5-6-7-8-9-10-11-12-13-14-15-22-18(21)17(20)16-19/h17,19-20H,2-16H2,1H3. The number of hydrogen-bond acceptors (Lipinski definition) is 4. The van der Waals surface area contributed by atoms with Crippen molar-refractivity contribution in [1.29, 1.82) is 0 Å². The van der Waals surface area contributed by atoms with E-state index in [-0.39, 0.29) is 0 Å². The van der Waals surface area contributed by atoms with Crippen LogP contribution in [0.4, 0.5) is 0 Å². The van der Waals surface area contributed by atoms with E-state index >= 15 is 0 Å². The summed E-state index contributed by atoms with van der Waals surface area (Å²) in [6.45, 7) is 2.02. The third-order valence-corrected chi connectivity index (χ3v) is 3.94. The molecule has 22 heavy (non-hydrogen) atoms. The van der Waals surface area contributed by atoms with Gasteiger partial charge in [0.25, 0.3) is 0 Å². The molecule has 0 aliphatic rings. The van der Waals surface area contributed by atoms with Crippen LogP contribution in [0.3, 0.4) is 0 Å². The second kappa shape index (κ2) is 16.8. The molecule has 0 aromatic heterocycles. The van der Waals surface area contributed by atoms with Crippen LogP contribution in [0.2, 0.25) is 0 Å². The first kappa shape index (κ1) is 21.4. The van der Waals surface area contributed by atoms with Gasteiger partial charge in [0.15, 0.2) is 6.10 Å². The minimum absolute atomic E-state index is 0.341. The molecule has 0 aliphatic carbocycles. The molecule has 0 aromatic rings. The summed E-state index contributed by atoms with van der Waals surface area (Å²) < 4.78 is 4.85. The molecule has 4 heteroatoms. The topological polar surface area (TPSA) is 66.8 Å². The van der Waals surface area contributed by atoms with Crippen molar-refractivity contribution in [1.82, 2.24) is 0 Å². The molecular formula is C18H36O4. The molecule has 0 amide bonds. The van der Waals surface area contributed by atoms with Gasteiger partial charge in [-0.05, 0) is 6.42 Å². The fourth-order valence-corrected chi connectivity index (χ4v) is 2.46. The Labute approximate surface area is 136 Å². The molecule has 0 rings (SSSR count). The molecule has 0 saturated heterocycles. The number of ether oxygens (including phenoxy) is 1. The first-order valence-corrected chi connectivity index (χ1v) is 9.18. The molecule has 1 unspecified atom stereocenters. The van der Waals surface area contributed by atoms with E-state index in [0.717, 1.165) is 12.8 Å². The number of hydrogen-bond donors (Lipinski definition) is 2. The predicted molar refractivity (Wildman–Crippen MR) is 89.7 cm³/mol. The van der Waals surface area contributed by atoms with Gasteiger partial charge in [0.2, 0.25) is 0 Å². The summed E-state index contributed by atoms with van der Waals surface area (Å²) in [7, 11) is 0. The maximum Gasteiger partial charge on any atom is 0.337 e. The molecule has 0 fully saturated rings. The molecule has 0 aliphatic heterocycles. The van der Waals surface area contributed by atoms with Crippen molar-refractivity contribution in [2.24, 2.45) is 0 Å². The lowest BCUT2D eigenvalue weighted by Gasteiger charge is -2.07. The first-order chi connectivity index (χ1) is 10.7. The van der Waals surface area contributed by atoms with Crippen LogP contribution in [-0.4, -0.2) is 35.5 Å². The number of aliphatic hydroxyl groups is 2. The number of unbranched alkanes of at least 4 members (excludes halogenated alkanes) is 12. The molecule has 0 aromatic carbocycles. The van der Waals surface area contributed by atoms with Crippen LogP contribution in [-0.2, 0) is 9.53 Å². The second-order valence-corrected chi connectivity index (χ2v) is 6.11. The van der Waals surface area contributed by atoms with E-state index in [0.29, 0.717) is 6.61 Å². The number of esters is 1. The molecule has 0 heterocycles. The largest absolute Gasteiger partial charge is 0.464 e. The Kier molecular flexibility index (Phi) is 16.3. The number of rotatable bonds is 16. The van der Waals surface area contributed by atoms with E-state index in [1.165, 1.54) is 70.6 Å². The second-order valence-electron chi connectivity index (χ2n) is 6.11. The Bertz CT molecular complexity index is 243. The van der Waals surface area contributed by atoms with Gasteiger partial charge in [0.1, 0.15) is 0 Å². The zero-order valence-corrected chi connectivity index (χ0v) is 14.4. The molecule has 2 N–H and O–H groups in total. The van der Waals surface area contributed by atoms with Gasteiger partial charge >= 0.3 is 5.97 Å². The summed E-state index contributed by atoms with van der Waals surface area (Å²) in [6, 6.07) is 0. The lowest BCUT2D eigenvalue weighted by Crippen LogP contribution is -2.26. The average Bonchev–Trinajstić information content (AvgIpc) is 2.54. The van der Waals surface area contributed by atoms with Crippen LogP contribution in [0.5, 0.6) is 0 Å². The van der Waals surface area contributed by atoms with E-state index in [1.807, 2.05) is 0 Å². The SMILES string of the molecule is CCCCCCCCCCCCCCCOC(=O)C(O)CO. The molecule has 0 saturated carbocycles. The third-order valence-electron chi connectivity index (χ3n) is 3.94. The zero-order valence-electron chi connectivity index (χ0n) is 14.4.